The molecular weight excluding hydrogens is 230 g/mol. The molecular formula is C9H8ClN5O. The number of aromatic nitrogens is 2. The molecule has 1 heterocycles. The Kier molecular flexibility index (Phi) is 2.82. The van der Waals surface area contributed by atoms with Crippen molar-refractivity contribution in [2.24, 2.45) is 10.2 Å². The number of nitrogens with two attached hydrogens (primary N) is 1. The molecule has 1 aromatic carbocycles. The van der Waals surface area contributed by atoms with Crippen LogP contribution in [0.3, 0.4) is 0 Å². The molecule has 0 saturated heterocycles. The van der Waals surface area contributed by atoms with Crippen LogP contribution in [0.25, 0.3) is 11.0 Å². The third kappa shape index (κ3) is 1.87. The van der Waals surface area contributed by atoms with Crippen molar-refractivity contribution < 1.29 is 4.79 Å². The van der Waals surface area contributed by atoms with Gasteiger partial charge >= 0.3 is 0 Å². The largest absolute Gasteiger partial charge is 0.336 e. The molecule has 2 rings (SSSR count). The van der Waals surface area contributed by atoms with Crippen molar-refractivity contribution in [3.8, 4) is 0 Å². The number of hydrogen-bond acceptors (Lipinski definition) is 4. The van der Waals surface area contributed by atoms with Gasteiger partial charge in [0.25, 0.3) is 11.9 Å². The maximum Gasteiger partial charge on any atom is 0.279 e. The number of amides is 1. The summed E-state index contributed by atoms with van der Waals surface area (Å²) in [7, 11) is 0. The molecule has 1 aromatic heterocycles. The monoisotopic (exact) mass is 237 g/mol. The maximum atomic E-state index is 10.8. The highest BCUT2D eigenvalue weighted by molar-refractivity contribution is 6.27. The van der Waals surface area contributed by atoms with Crippen molar-refractivity contribution in [1.29, 1.82) is 0 Å². The van der Waals surface area contributed by atoms with Gasteiger partial charge < -0.3 is 5.84 Å². The average Bonchev–Trinajstić information content (AvgIpc) is 2.64. The first-order valence-electron chi connectivity index (χ1n) is 4.45. The lowest BCUT2D eigenvalue weighted by Gasteiger charge is -1.94. The summed E-state index contributed by atoms with van der Waals surface area (Å²) in [6, 6.07) is 7.25. The summed E-state index contributed by atoms with van der Waals surface area (Å²) < 4.78 is 1.26. The Balaban J connectivity index is 2.42. The van der Waals surface area contributed by atoms with Crippen molar-refractivity contribution in [3.05, 3.63) is 24.3 Å². The standard InChI is InChI=1S/C9H8ClN5O/c10-5-8(16)13-14-9-12-6-3-1-2-4-7(6)15(9)11/h1-4H,5,11H2. The summed E-state index contributed by atoms with van der Waals surface area (Å²) in [5.74, 6) is 5.14. The van der Waals surface area contributed by atoms with Gasteiger partial charge in [-0.15, -0.1) is 21.8 Å². The third-order valence-electron chi connectivity index (χ3n) is 1.94. The Morgan fingerprint density at radius 1 is 1.50 bits per heavy atom. The number of hydrogen-bond donors (Lipinski definition) is 1. The number of para-hydroxylation sites is 2. The number of fused-ring (bicyclic) bond motifs is 1. The topological polar surface area (TPSA) is 85.6 Å². The molecule has 0 radical (unpaired) electrons. The predicted molar refractivity (Wildman–Crippen MR) is 60.1 cm³/mol. The number of carbonyl (C=O) groups excluding carboxylic acids is 1. The minimum absolute atomic E-state index is 0.166. The summed E-state index contributed by atoms with van der Waals surface area (Å²) >= 11 is 5.27. The SMILES string of the molecule is Nn1c(N=NC(=O)CCl)nc2ccccc21. The summed E-state index contributed by atoms with van der Waals surface area (Å²) in [4.78, 5) is 14.9. The lowest BCUT2D eigenvalue weighted by atomic mass is 10.3. The van der Waals surface area contributed by atoms with Crippen LogP contribution in [0.15, 0.2) is 34.5 Å². The number of carbonyl (C=O) groups is 1. The fraction of sp³-hybridized carbons (Fsp3) is 0.111. The van der Waals surface area contributed by atoms with Gasteiger partial charge in [-0.3, -0.25) is 4.79 Å². The van der Waals surface area contributed by atoms with E-state index in [1.54, 1.807) is 12.1 Å². The molecule has 0 aliphatic heterocycles. The average molecular weight is 238 g/mol. The smallest absolute Gasteiger partial charge is 0.279 e. The van der Waals surface area contributed by atoms with E-state index in [0.29, 0.717) is 5.52 Å². The Labute approximate surface area is 95.7 Å². The highest BCUT2D eigenvalue weighted by atomic mass is 35.5. The second-order valence-electron chi connectivity index (χ2n) is 3.00. The number of azo groups is 1. The zero-order valence-corrected chi connectivity index (χ0v) is 8.92. The van der Waals surface area contributed by atoms with Gasteiger partial charge in [-0.25, -0.2) is 9.66 Å². The van der Waals surface area contributed by atoms with Crippen LogP contribution in [-0.4, -0.2) is 21.4 Å². The molecule has 0 saturated carbocycles. The van der Waals surface area contributed by atoms with E-state index >= 15 is 0 Å². The molecule has 0 atom stereocenters. The Bertz CT molecular complexity index is 562. The van der Waals surface area contributed by atoms with E-state index in [0.717, 1.165) is 5.52 Å². The van der Waals surface area contributed by atoms with E-state index in [4.69, 9.17) is 17.4 Å². The summed E-state index contributed by atoms with van der Waals surface area (Å²) in [5, 5.41) is 6.99. The second kappa shape index (κ2) is 4.28. The molecule has 0 spiro atoms. The van der Waals surface area contributed by atoms with Gasteiger partial charge in [-0.05, 0) is 12.1 Å². The number of nitrogens with zero attached hydrogens (tertiary/aromatic N) is 4. The summed E-state index contributed by atoms with van der Waals surface area (Å²) in [6.45, 7) is 0. The first-order valence-corrected chi connectivity index (χ1v) is 4.99. The van der Waals surface area contributed by atoms with Crippen LogP contribution in [0, 0.1) is 0 Å². The lowest BCUT2D eigenvalue weighted by Crippen LogP contribution is -2.06. The van der Waals surface area contributed by atoms with Crippen molar-refractivity contribution in [2.75, 3.05) is 11.7 Å². The first-order chi connectivity index (χ1) is 7.72. The van der Waals surface area contributed by atoms with E-state index < -0.39 is 5.91 Å². The van der Waals surface area contributed by atoms with Gasteiger partial charge in [0, 0.05) is 0 Å². The summed E-state index contributed by atoms with van der Waals surface area (Å²) in [6.07, 6.45) is 0. The van der Waals surface area contributed by atoms with E-state index in [1.807, 2.05) is 12.1 Å². The highest BCUT2D eigenvalue weighted by Crippen LogP contribution is 2.18. The number of halogens is 1. The van der Waals surface area contributed by atoms with Gasteiger partial charge in [-0.1, -0.05) is 12.1 Å². The molecule has 82 valence electrons. The number of benzene rings is 1. The number of nitrogen functional groups attached to an aromatic ring is 1. The molecule has 0 bridgehead atoms. The first kappa shape index (κ1) is 10.6. The van der Waals surface area contributed by atoms with Crippen LogP contribution in [0.2, 0.25) is 0 Å². The van der Waals surface area contributed by atoms with Gasteiger partial charge in [0.05, 0.1) is 11.0 Å². The third-order valence-corrected chi connectivity index (χ3v) is 2.17. The molecule has 0 aliphatic rings. The van der Waals surface area contributed by atoms with Gasteiger partial charge in [0.15, 0.2) is 0 Å². The Morgan fingerprint density at radius 2 is 2.25 bits per heavy atom. The van der Waals surface area contributed by atoms with Crippen LogP contribution < -0.4 is 5.84 Å². The fourth-order valence-corrected chi connectivity index (χ4v) is 1.28. The Hall–Kier alpha value is -1.95. The van der Waals surface area contributed by atoms with Crippen LogP contribution >= 0.6 is 11.6 Å². The predicted octanol–water partition coefficient (Wildman–Crippen LogP) is 1.60. The normalized spacial score (nSPS) is 11.3. The Morgan fingerprint density at radius 3 is 2.94 bits per heavy atom. The van der Waals surface area contributed by atoms with E-state index in [9.17, 15) is 4.79 Å². The fourth-order valence-electron chi connectivity index (χ4n) is 1.23. The van der Waals surface area contributed by atoms with Crippen molar-refractivity contribution in [3.63, 3.8) is 0 Å². The maximum absolute atomic E-state index is 10.8. The van der Waals surface area contributed by atoms with Gasteiger partial charge in [0.2, 0.25) is 0 Å². The molecule has 2 N–H and O–H groups in total. The molecule has 0 aliphatic carbocycles. The number of rotatable bonds is 2. The zero-order valence-electron chi connectivity index (χ0n) is 8.17. The molecule has 0 unspecified atom stereocenters. The zero-order chi connectivity index (χ0) is 11.5. The number of alkyl halides is 1. The summed E-state index contributed by atoms with van der Waals surface area (Å²) in [5.41, 5.74) is 1.41. The lowest BCUT2D eigenvalue weighted by molar-refractivity contribution is -0.115. The van der Waals surface area contributed by atoms with Crippen LogP contribution in [0.1, 0.15) is 0 Å². The molecule has 7 heteroatoms. The van der Waals surface area contributed by atoms with Crippen molar-refractivity contribution >= 4 is 34.5 Å². The minimum atomic E-state index is -0.534. The molecule has 1 amide bonds. The second-order valence-corrected chi connectivity index (χ2v) is 3.27. The molecule has 6 nitrogen and oxygen atoms in total. The quantitative estimate of drug-likeness (QED) is 0.489. The van der Waals surface area contributed by atoms with Crippen molar-refractivity contribution in [2.45, 2.75) is 0 Å². The molecule has 0 fully saturated rings. The van der Waals surface area contributed by atoms with Crippen LogP contribution in [0.4, 0.5) is 5.95 Å². The highest BCUT2D eigenvalue weighted by Gasteiger charge is 2.06. The van der Waals surface area contributed by atoms with Crippen molar-refractivity contribution in [1.82, 2.24) is 9.66 Å². The van der Waals surface area contributed by atoms with E-state index in [-0.39, 0.29) is 11.8 Å². The van der Waals surface area contributed by atoms with Crippen LogP contribution in [0.5, 0.6) is 0 Å². The molecule has 16 heavy (non-hydrogen) atoms. The van der Waals surface area contributed by atoms with E-state index in [2.05, 4.69) is 15.2 Å². The molecule has 2 aromatic rings. The van der Waals surface area contributed by atoms with Gasteiger partial charge in [0.1, 0.15) is 5.88 Å². The minimum Gasteiger partial charge on any atom is -0.336 e. The van der Waals surface area contributed by atoms with E-state index in [1.165, 1.54) is 4.68 Å². The number of imidazole rings is 1. The van der Waals surface area contributed by atoms with Crippen LogP contribution in [-0.2, 0) is 4.79 Å². The van der Waals surface area contributed by atoms with Gasteiger partial charge in [-0.2, -0.15) is 0 Å².